The number of aryl methyl sites for hydroxylation is 1. The molecule has 0 saturated carbocycles. The lowest BCUT2D eigenvalue weighted by Crippen LogP contribution is -2.36. The minimum absolute atomic E-state index is 0.0194. The van der Waals surface area contributed by atoms with Crippen LogP contribution < -0.4 is 14.8 Å². The number of carbonyl (C=O) groups is 1. The summed E-state index contributed by atoms with van der Waals surface area (Å²) in [5.41, 5.74) is 2.17. The summed E-state index contributed by atoms with van der Waals surface area (Å²) in [5, 5.41) is 5.11. The normalized spacial score (nSPS) is 12.1. The number of nitrogens with zero attached hydrogens (tertiary/aromatic N) is 1. The van der Waals surface area contributed by atoms with Crippen molar-refractivity contribution in [1.29, 1.82) is 0 Å². The summed E-state index contributed by atoms with van der Waals surface area (Å²) in [4.78, 5) is 15.7. The number of benzene rings is 1. The zero-order valence-corrected chi connectivity index (χ0v) is 16.3. The van der Waals surface area contributed by atoms with Crippen LogP contribution in [0.15, 0.2) is 29.6 Å². The SMILES string of the molecule is COc1ccc(OC)c(C(C)NC(=O)CN(C)Cc2sccc2C)c1. The Morgan fingerprint density at radius 3 is 2.64 bits per heavy atom. The molecule has 1 aromatic carbocycles. The van der Waals surface area contributed by atoms with Crippen molar-refractivity contribution in [2.24, 2.45) is 0 Å². The Morgan fingerprint density at radius 1 is 1.28 bits per heavy atom. The Hall–Kier alpha value is -2.05. The molecule has 0 fully saturated rings. The molecule has 1 unspecified atom stereocenters. The van der Waals surface area contributed by atoms with E-state index in [1.54, 1.807) is 25.6 Å². The maximum Gasteiger partial charge on any atom is 0.234 e. The molecular formula is C19H26N2O3S. The highest BCUT2D eigenvalue weighted by molar-refractivity contribution is 7.10. The summed E-state index contributed by atoms with van der Waals surface area (Å²) in [7, 11) is 5.20. The molecule has 1 atom stereocenters. The van der Waals surface area contributed by atoms with Crippen LogP contribution in [0.3, 0.4) is 0 Å². The molecule has 0 saturated heterocycles. The summed E-state index contributed by atoms with van der Waals surface area (Å²) in [5.74, 6) is 1.45. The fourth-order valence-corrected chi connectivity index (χ4v) is 3.64. The monoisotopic (exact) mass is 362 g/mol. The van der Waals surface area contributed by atoms with Gasteiger partial charge in [0.2, 0.25) is 5.91 Å². The fraction of sp³-hybridized carbons (Fsp3) is 0.421. The molecule has 0 radical (unpaired) electrons. The fourth-order valence-electron chi connectivity index (χ4n) is 2.65. The summed E-state index contributed by atoms with van der Waals surface area (Å²) in [6, 6.07) is 7.51. The van der Waals surface area contributed by atoms with Gasteiger partial charge in [-0.2, -0.15) is 0 Å². The molecule has 2 rings (SSSR count). The first kappa shape index (κ1) is 19.3. The van der Waals surface area contributed by atoms with Crippen molar-refractivity contribution >= 4 is 17.2 Å². The molecule has 1 N–H and O–H groups in total. The topological polar surface area (TPSA) is 50.8 Å². The molecule has 5 nitrogen and oxygen atoms in total. The summed E-state index contributed by atoms with van der Waals surface area (Å²) in [6.07, 6.45) is 0. The number of carbonyl (C=O) groups excluding carboxylic acids is 1. The van der Waals surface area contributed by atoms with E-state index in [0.29, 0.717) is 6.54 Å². The van der Waals surface area contributed by atoms with Crippen LogP contribution in [0.1, 0.15) is 29.0 Å². The number of amides is 1. The molecule has 1 amide bonds. The van der Waals surface area contributed by atoms with E-state index < -0.39 is 0 Å². The molecule has 2 aromatic rings. The van der Waals surface area contributed by atoms with E-state index in [-0.39, 0.29) is 11.9 Å². The molecule has 1 aromatic heterocycles. The Morgan fingerprint density at radius 2 is 2.04 bits per heavy atom. The lowest BCUT2D eigenvalue weighted by Gasteiger charge is -2.21. The first-order valence-corrected chi connectivity index (χ1v) is 9.05. The van der Waals surface area contributed by atoms with Crippen molar-refractivity contribution in [3.05, 3.63) is 45.6 Å². The highest BCUT2D eigenvalue weighted by atomic mass is 32.1. The predicted octanol–water partition coefficient (Wildman–Crippen LogP) is 3.38. The third-order valence-electron chi connectivity index (χ3n) is 4.08. The molecule has 0 bridgehead atoms. The van der Waals surface area contributed by atoms with Crippen LogP contribution in [0.2, 0.25) is 0 Å². The third kappa shape index (κ3) is 5.21. The lowest BCUT2D eigenvalue weighted by molar-refractivity contribution is -0.122. The summed E-state index contributed by atoms with van der Waals surface area (Å²) in [6.45, 7) is 5.15. The Kier molecular flexibility index (Phi) is 6.84. The number of hydrogen-bond acceptors (Lipinski definition) is 5. The molecule has 1 heterocycles. The van der Waals surface area contributed by atoms with E-state index in [4.69, 9.17) is 9.47 Å². The smallest absolute Gasteiger partial charge is 0.234 e. The number of thiophene rings is 1. The number of methoxy groups -OCH3 is 2. The van der Waals surface area contributed by atoms with E-state index in [1.807, 2.05) is 37.1 Å². The van der Waals surface area contributed by atoms with Gasteiger partial charge in [-0.25, -0.2) is 0 Å². The van der Waals surface area contributed by atoms with E-state index in [0.717, 1.165) is 23.6 Å². The van der Waals surface area contributed by atoms with Crippen molar-refractivity contribution in [2.75, 3.05) is 27.8 Å². The lowest BCUT2D eigenvalue weighted by atomic mass is 10.1. The Labute approximate surface area is 153 Å². The van der Waals surface area contributed by atoms with Crippen LogP contribution in [-0.4, -0.2) is 38.6 Å². The Bertz CT molecular complexity index is 714. The molecule has 0 aliphatic carbocycles. The maximum absolute atomic E-state index is 12.4. The van der Waals surface area contributed by atoms with Crippen molar-refractivity contribution in [3.8, 4) is 11.5 Å². The molecule has 0 aliphatic heterocycles. The van der Waals surface area contributed by atoms with Gasteiger partial charge in [-0.3, -0.25) is 9.69 Å². The van der Waals surface area contributed by atoms with Gasteiger partial charge < -0.3 is 14.8 Å². The number of likely N-dealkylation sites (N-methyl/N-ethyl adjacent to an activating group) is 1. The van der Waals surface area contributed by atoms with Gasteiger partial charge in [0.1, 0.15) is 11.5 Å². The Balaban J connectivity index is 1.96. The van der Waals surface area contributed by atoms with Crippen LogP contribution >= 0.6 is 11.3 Å². The second-order valence-electron chi connectivity index (χ2n) is 6.10. The van der Waals surface area contributed by atoms with Crippen LogP contribution in [0, 0.1) is 6.92 Å². The van der Waals surface area contributed by atoms with Crippen LogP contribution in [0.5, 0.6) is 11.5 Å². The molecule has 0 aliphatic rings. The second kappa shape index (κ2) is 8.87. The quantitative estimate of drug-likeness (QED) is 0.782. The third-order valence-corrected chi connectivity index (χ3v) is 5.08. The molecular weight excluding hydrogens is 336 g/mol. The van der Waals surface area contributed by atoms with Gasteiger partial charge in [-0.05, 0) is 56.1 Å². The standard InChI is InChI=1S/C19H26N2O3S/c1-13-8-9-25-18(13)11-21(3)12-19(22)20-14(2)16-10-15(23-4)6-7-17(16)24-5/h6-10,14H,11-12H2,1-5H3,(H,20,22). The minimum atomic E-state index is -0.172. The van der Waals surface area contributed by atoms with Gasteiger partial charge in [-0.1, -0.05) is 0 Å². The van der Waals surface area contributed by atoms with Crippen LogP contribution in [0.4, 0.5) is 0 Å². The average molecular weight is 362 g/mol. The zero-order valence-electron chi connectivity index (χ0n) is 15.5. The number of ether oxygens (including phenoxy) is 2. The molecule has 25 heavy (non-hydrogen) atoms. The van der Waals surface area contributed by atoms with Crippen molar-refractivity contribution in [3.63, 3.8) is 0 Å². The van der Waals surface area contributed by atoms with Gasteiger partial charge in [0.25, 0.3) is 0 Å². The van der Waals surface area contributed by atoms with E-state index in [9.17, 15) is 4.79 Å². The number of rotatable bonds is 8. The van der Waals surface area contributed by atoms with E-state index in [1.165, 1.54) is 10.4 Å². The molecule has 136 valence electrons. The average Bonchev–Trinajstić information content (AvgIpc) is 2.98. The van der Waals surface area contributed by atoms with Crippen LogP contribution in [0.25, 0.3) is 0 Å². The van der Waals surface area contributed by atoms with E-state index in [2.05, 4.69) is 23.7 Å². The van der Waals surface area contributed by atoms with Gasteiger partial charge in [0.05, 0.1) is 26.8 Å². The van der Waals surface area contributed by atoms with E-state index >= 15 is 0 Å². The summed E-state index contributed by atoms with van der Waals surface area (Å²) < 4.78 is 10.7. The number of nitrogens with one attached hydrogen (secondary N) is 1. The number of hydrogen-bond donors (Lipinski definition) is 1. The van der Waals surface area contributed by atoms with Crippen molar-refractivity contribution < 1.29 is 14.3 Å². The highest BCUT2D eigenvalue weighted by Crippen LogP contribution is 2.29. The summed E-state index contributed by atoms with van der Waals surface area (Å²) >= 11 is 1.72. The van der Waals surface area contributed by atoms with Gasteiger partial charge in [-0.15, -0.1) is 11.3 Å². The van der Waals surface area contributed by atoms with Gasteiger partial charge in [0.15, 0.2) is 0 Å². The zero-order chi connectivity index (χ0) is 18.4. The first-order valence-electron chi connectivity index (χ1n) is 8.17. The largest absolute Gasteiger partial charge is 0.497 e. The maximum atomic E-state index is 12.4. The predicted molar refractivity (Wildman–Crippen MR) is 101 cm³/mol. The first-order chi connectivity index (χ1) is 11.9. The van der Waals surface area contributed by atoms with Crippen molar-refractivity contribution in [1.82, 2.24) is 10.2 Å². The minimum Gasteiger partial charge on any atom is -0.497 e. The molecule has 0 spiro atoms. The van der Waals surface area contributed by atoms with Crippen LogP contribution in [-0.2, 0) is 11.3 Å². The van der Waals surface area contributed by atoms with Gasteiger partial charge >= 0.3 is 0 Å². The van der Waals surface area contributed by atoms with Crippen molar-refractivity contribution in [2.45, 2.75) is 26.4 Å². The molecule has 6 heteroatoms. The van der Waals surface area contributed by atoms with Gasteiger partial charge in [0, 0.05) is 17.0 Å². The highest BCUT2D eigenvalue weighted by Gasteiger charge is 2.16. The second-order valence-corrected chi connectivity index (χ2v) is 7.10.